The number of hydrogen-bond acceptors (Lipinski definition) is 4. The van der Waals surface area contributed by atoms with Crippen LogP contribution in [0.4, 0.5) is 0 Å². The van der Waals surface area contributed by atoms with Crippen molar-refractivity contribution in [3.05, 3.63) is 51.9 Å². The topological polar surface area (TPSA) is 92.2 Å². The van der Waals surface area contributed by atoms with E-state index in [9.17, 15) is 9.59 Å². The van der Waals surface area contributed by atoms with Crippen molar-refractivity contribution in [2.75, 3.05) is 6.54 Å². The number of fused-ring (bicyclic) bond motifs is 2. The summed E-state index contributed by atoms with van der Waals surface area (Å²) >= 11 is 0. The molecule has 0 aliphatic rings. The molecule has 7 heteroatoms. The van der Waals surface area contributed by atoms with Crippen molar-refractivity contribution in [2.24, 2.45) is 5.92 Å². The van der Waals surface area contributed by atoms with Gasteiger partial charge >= 0.3 is 0 Å². The summed E-state index contributed by atoms with van der Waals surface area (Å²) in [4.78, 5) is 30.5. The highest BCUT2D eigenvalue weighted by Gasteiger charge is 2.17. The molecule has 3 aromatic heterocycles. The van der Waals surface area contributed by atoms with Gasteiger partial charge in [-0.3, -0.25) is 19.4 Å². The molecule has 0 spiro atoms. The Bertz CT molecular complexity index is 1140. The van der Waals surface area contributed by atoms with E-state index in [-0.39, 0.29) is 22.5 Å². The molecule has 0 bridgehead atoms. The molecule has 7 nitrogen and oxygen atoms in total. The number of hydrogen-bond donors (Lipinski definition) is 2. The van der Waals surface area contributed by atoms with Crippen molar-refractivity contribution >= 4 is 22.6 Å². The standard InChI is InChI=1S/C22H29N5O2/c1-4-5-6-8-12-27-19(23)16(21(28)24-14-15(2)3)13-17-20(27)25-18-10-7-9-11-26(18)22(17)29/h7,9-11,13,15,23H,4-6,8,12,14H2,1-3H3,(H,24,28). The Balaban J connectivity index is 2.19. The van der Waals surface area contributed by atoms with Crippen molar-refractivity contribution < 1.29 is 4.79 Å². The number of amides is 1. The van der Waals surface area contributed by atoms with E-state index in [1.165, 1.54) is 10.5 Å². The van der Waals surface area contributed by atoms with Gasteiger partial charge in [0.05, 0.1) is 10.9 Å². The van der Waals surface area contributed by atoms with Crippen LogP contribution in [0, 0.1) is 11.3 Å². The third-order valence-corrected chi connectivity index (χ3v) is 4.97. The van der Waals surface area contributed by atoms with Crippen LogP contribution in [0.15, 0.2) is 35.3 Å². The molecule has 0 aromatic carbocycles. The van der Waals surface area contributed by atoms with E-state index >= 15 is 0 Å². The van der Waals surface area contributed by atoms with Crippen molar-refractivity contribution in [3.63, 3.8) is 0 Å². The zero-order chi connectivity index (χ0) is 21.0. The van der Waals surface area contributed by atoms with Crippen molar-refractivity contribution in [1.82, 2.24) is 19.3 Å². The number of pyridine rings is 2. The molecule has 0 saturated heterocycles. The summed E-state index contributed by atoms with van der Waals surface area (Å²) < 4.78 is 3.19. The summed E-state index contributed by atoms with van der Waals surface area (Å²) in [5.74, 6) is -0.0311. The number of nitrogens with zero attached hydrogens (tertiary/aromatic N) is 3. The van der Waals surface area contributed by atoms with E-state index in [2.05, 4.69) is 17.2 Å². The van der Waals surface area contributed by atoms with Crippen LogP contribution in [-0.4, -0.2) is 26.4 Å². The maximum Gasteiger partial charge on any atom is 0.267 e. The van der Waals surface area contributed by atoms with Gasteiger partial charge in [-0.2, -0.15) is 0 Å². The molecule has 29 heavy (non-hydrogen) atoms. The number of rotatable bonds is 8. The first-order chi connectivity index (χ1) is 13.9. The molecule has 0 fully saturated rings. The SMILES string of the molecule is CCCCCCn1c(=N)c(C(=O)NCC(C)C)cc2c(=O)n3ccccc3nc21. The van der Waals surface area contributed by atoms with Crippen LogP contribution in [0.1, 0.15) is 56.8 Å². The van der Waals surface area contributed by atoms with Crippen LogP contribution in [0.3, 0.4) is 0 Å². The second-order valence-electron chi connectivity index (χ2n) is 7.81. The Labute approximate surface area is 169 Å². The van der Waals surface area contributed by atoms with Gasteiger partial charge in [0.15, 0.2) is 0 Å². The van der Waals surface area contributed by atoms with Gasteiger partial charge in [-0.15, -0.1) is 0 Å². The molecule has 154 valence electrons. The summed E-state index contributed by atoms with van der Waals surface area (Å²) in [6.07, 6.45) is 5.79. The number of nitrogens with one attached hydrogen (secondary N) is 2. The molecule has 0 aliphatic heterocycles. The molecule has 0 atom stereocenters. The van der Waals surface area contributed by atoms with Crippen molar-refractivity contribution in [2.45, 2.75) is 53.0 Å². The predicted molar refractivity (Wildman–Crippen MR) is 114 cm³/mol. The molecule has 3 rings (SSSR count). The highest BCUT2D eigenvalue weighted by Crippen LogP contribution is 2.12. The first-order valence-corrected chi connectivity index (χ1v) is 10.3. The molecule has 2 N–H and O–H groups in total. The molecule has 3 aromatic rings. The molecular weight excluding hydrogens is 366 g/mol. The Hall–Kier alpha value is -2.96. The van der Waals surface area contributed by atoms with E-state index in [0.29, 0.717) is 35.7 Å². The quantitative estimate of drug-likeness (QED) is 0.453. The van der Waals surface area contributed by atoms with Crippen molar-refractivity contribution in [3.8, 4) is 0 Å². The minimum absolute atomic E-state index is 0.0995. The van der Waals surface area contributed by atoms with Crippen LogP contribution in [0.2, 0.25) is 0 Å². The summed E-state index contributed by atoms with van der Waals surface area (Å²) in [5.41, 5.74) is 1.07. The largest absolute Gasteiger partial charge is 0.352 e. The van der Waals surface area contributed by atoms with Gasteiger partial charge < -0.3 is 9.88 Å². The molecule has 3 heterocycles. The highest BCUT2D eigenvalue weighted by atomic mass is 16.1. The lowest BCUT2D eigenvalue weighted by Gasteiger charge is -2.15. The molecule has 1 amide bonds. The summed E-state index contributed by atoms with van der Waals surface area (Å²) in [6, 6.07) is 6.89. The zero-order valence-electron chi connectivity index (χ0n) is 17.4. The molecule has 0 radical (unpaired) electrons. The van der Waals surface area contributed by atoms with Crippen LogP contribution in [-0.2, 0) is 6.54 Å². The highest BCUT2D eigenvalue weighted by molar-refractivity contribution is 5.96. The average Bonchev–Trinajstić information content (AvgIpc) is 2.71. The third-order valence-electron chi connectivity index (χ3n) is 4.97. The number of carbonyl (C=O) groups excluding carboxylic acids is 1. The van der Waals surface area contributed by atoms with Gasteiger partial charge in [0.2, 0.25) is 0 Å². The lowest BCUT2D eigenvalue weighted by atomic mass is 10.1. The van der Waals surface area contributed by atoms with Gasteiger partial charge in [0.1, 0.15) is 16.8 Å². The van der Waals surface area contributed by atoms with E-state index in [1.54, 1.807) is 22.9 Å². The van der Waals surface area contributed by atoms with E-state index < -0.39 is 0 Å². The van der Waals surface area contributed by atoms with Gasteiger partial charge in [-0.1, -0.05) is 46.1 Å². The van der Waals surface area contributed by atoms with Gasteiger partial charge in [0, 0.05) is 19.3 Å². The normalized spacial score (nSPS) is 11.4. The van der Waals surface area contributed by atoms with Gasteiger partial charge in [-0.25, -0.2) is 4.98 Å². The molecule has 0 aliphatic carbocycles. The minimum Gasteiger partial charge on any atom is -0.352 e. The average molecular weight is 396 g/mol. The van der Waals surface area contributed by atoms with Gasteiger partial charge in [0.25, 0.3) is 11.5 Å². The Kier molecular flexibility index (Phi) is 6.46. The lowest BCUT2D eigenvalue weighted by molar-refractivity contribution is 0.0946. The van der Waals surface area contributed by atoms with Crippen LogP contribution >= 0.6 is 0 Å². The molecule has 0 unspecified atom stereocenters. The fraction of sp³-hybridized carbons (Fsp3) is 0.455. The number of unbranched alkanes of at least 4 members (excludes halogenated alkanes) is 3. The Morgan fingerprint density at radius 2 is 2.03 bits per heavy atom. The van der Waals surface area contributed by atoms with Gasteiger partial charge in [-0.05, 0) is 30.5 Å². The van der Waals surface area contributed by atoms with Crippen LogP contribution < -0.4 is 16.4 Å². The second kappa shape index (κ2) is 9.03. The summed E-state index contributed by atoms with van der Waals surface area (Å²) in [5, 5.41) is 11.9. The smallest absolute Gasteiger partial charge is 0.267 e. The minimum atomic E-state index is -0.328. The Morgan fingerprint density at radius 1 is 1.24 bits per heavy atom. The van der Waals surface area contributed by atoms with Crippen LogP contribution in [0.5, 0.6) is 0 Å². The maximum absolute atomic E-state index is 13.1. The Morgan fingerprint density at radius 3 is 2.76 bits per heavy atom. The van der Waals surface area contributed by atoms with E-state index in [0.717, 1.165) is 25.7 Å². The third kappa shape index (κ3) is 4.39. The van der Waals surface area contributed by atoms with Crippen molar-refractivity contribution in [1.29, 1.82) is 5.41 Å². The fourth-order valence-corrected chi connectivity index (χ4v) is 3.37. The number of aromatic nitrogens is 3. The zero-order valence-corrected chi connectivity index (χ0v) is 17.4. The first-order valence-electron chi connectivity index (χ1n) is 10.3. The predicted octanol–water partition coefficient (Wildman–Crippen LogP) is 3.09. The molecule has 0 saturated carbocycles. The number of aryl methyl sites for hydroxylation is 1. The fourth-order valence-electron chi connectivity index (χ4n) is 3.37. The monoisotopic (exact) mass is 395 g/mol. The lowest BCUT2D eigenvalue weighted by Crippen LogP contribution is -2.36. The first kappa shape index (κ1) is 20.8. The van der Waals surface area contributed by atoms with E-state index in [1.807, 2.05) is 19.9 Å². The van der Waals surface area contributed by atoms with E-state index in [4.69, 9.17) is 5.41 Å². The number of carbonyl (C=O) groups is 1. The summed E-state index contributed by atoms with van der Waals surface area (Å²) in [7, 11) is 0. The second-order valence-corrected chi connectivity index (χ2v) is 7.81. The molecular formula is C22H29N5O2. The maximum atomic E-state index is 13.1. The van der Waals surface area contributed by atoms with Crippen LogP contribution in [0.25, 0.3) is 16.7 Å². The summed E-state index contributed by atoms with van der Waals surface area (Å²) in [6.45, 7) is 7.24.